The van der Waals surface area contributed by atoms with E-state index in [0.717, 1.165) is 18.0 Å². The number of nitrogens with zero attached hydrogens (tertiary/aromatic N) is 1. The van der Waals surface area contributed by atoms with Gasteiger partial charge in [-0.05, 0) is 31.1 Å². The molecule has 3 heteroatoms. The third kappa shape index (κ3) is 1.82. The first-order valence-electron chi connectivity index (χ1n) is 4.94. The number of hydrogen-bond donors (Lipinski definition) is 1. The predicted octanol–water partition coefficient (Wildman–Crippen LogP) is 1.48. The van der Waals surface area contributed by atoms with Crippen molar-refractivity contribution in [3.8, 4) is 5.75 Å². The summed E-state index contributed by atoms with van der Waals surface area (Å²) in [6.07, 6.45) is 1.32. The second-order valence-electron chi connectivity index (χ2n) is 3.69. The van der Waals surface area contributed by atoms with Crippen molar-refractivity contribution in [2.75, 3.05) is 25.9 Å². The molecular weight excluding hydrogens is 176 g/mol. The number of nitrogens with two attached hydrogens (primary N) is 1. The average Bonchev–Trinajstić information content (AvgIpc) is 2.13. The van der Waals surface area contributed by atoms with E-state index in [2.05, 4.69) is 4.90 Å². The van der Waals surface area contributed by atoms with Gasteiger partial charge < -0.3 is 10.5 Å². The van der Waals surface area contributed by atoms with Crippen LogP contribution >= 0.6 is 0 Å². The zero-order valence-electron chi connectivity index (χ0n) is 8.49. The highest BCUT2D eigenvalue weighted by Crippen LogP contribution is 2.22. The first kappa shape index (κ1) is 9.34. The molecule has 0 radical (unpaired) electrons. The maximum Gasteiger partial charge on any atom is 0.120 e. The lowest BCUT2D eigenvalue weighted by Gasteiger charge is -2.31. The van der Waals surface area contributed by atoms with Gasteiger partial charge in [0.1, 0.15) is 5.75 Å². The first-order chi connectivity index (χ1) is 6.79. The molecule has 0 aromatic heterocycles. The average molecular weight is 192 g/mol. The van der Waals surface area contributed by atoms with Crippen LogP contribution in [0.5, 0.6) is 5.75 Å². The number of nitrogen functional groups attached to an aromatic ring is 1. The van der Waals surface area contributed by atoms with Crippen LogP contribution in [0.4, 0.5) is 5.69 Å². The van der Waals surface area contributed by atoms with Crippen molar-refractivity contribution in [3.63, 3.8) is 0 Å². The van der Waals surface area contributed by atoms with Crippen LogP contribution in [0.2, 0.25) is 0 Å². The Labute approximate surface area is 84.5 Å². The minimum atomic E-state index is 0.829. The number of methoxy groups -OCH3 is 1. The molecule has 1 fully saturated rings. The van der Waals surface area contributed by atoms with E-state index in [1.54, 1.807) is 7.11 Å². The topological polar surface area (TPSA) is 38.5 Å². The van der Waals surface area contributed by atoms with E-state index in [9.17, 15) is 0 Å². The Bertz CT molecular complexity index is 321. The van der Waals surface area contributed by atoms with Gasteiger partial charge in [0.2, 0.25) is 0 Å². The van der Waals surface area contributed by atoms with Crippen molar-refractivity contribution >= 4 is 5.69 Å². The fraction of sp³-hybridized carbons (Fsp3) is 0.455. The van der Waals surface area contributed by atoms with Crippen LogP contribution in [-0.2, 0) is 6.54 Å². The fourth-order valence-electron chi connectivity index (χ4n) is 1.62. The molecule has 1 aliphatic heterocycles. The molecule has 14 heavy (non-hydrogen) atoms. The van der Waals surface area contributed by atoms with E-state index >= 15 is 0 Å². The molecule has 0 amide bonds. The van der Waals surface area contributed by atoms with Crippen LogP contribution in [-0.4, -0.2) is 25.1 Å². The highest BCUT2D eigenvalue weighted by atomic mass is 16.5. The van der Waals surface area contributed by atoms with Crippen molar-refractivity contribution in [2.45, 2.75) is 13.0 Å². The summed E-state index contributed by atoms with van der Waals surface area (Å²) >= 11 is 0. The Kier molecular flexibility index (Phi) is 2.59. The highest BCUT2D eigenvalue weighted by Gasteiger charge is 2.14. The van der Waals surface area contributed by atoms with Gasteiger partial charge in [0.25, 0.3) is 0 Å². The van der Waals surface area contributed by atoms with Gasteiger partial charge in [-0.3, -0.25) is 4.90 Å². The largest absolute Gasteiger partial charge is 0.497 e. The van der Waals surface area contributed by atoms with Crippen LogP contribution in [0.3, 0.4) is 0 Å². The summed E-state index contributed by atoms with van der Waals surface area (Å²) in [6, 6.07) is 5.90. The minimum Gasteiger partial charge on any atom is -0.497 e. The van der Waals surface area contributed by atoms with E-state index in [0.29, 0.717) is 0 Å². The molecule has 0 saturated carbocycles. The summed E-state index contributed by atoms with van der Waals surface area (Å²) in [6.45, 7) is 3.37. The SMILES string of the molecule is COc1ccc(CN2CCC2)c(N)c1. The Morgan fingerprint density at radius 1 is 1.43 bits per heavy atom. The van der Waals surface area contributed by atoms with Crippen molar-refractivity contribution in [1.29, 1.82) is 0 Å². The van der Waals surface area contributed by atoms with Crippen molar-refractivity contribution in [3.05, 3.63) is 23.8 Å². The van der Waals surface area contributed by atoms with Crippen LogP contribution in [0.25, 0.3) is 0 Å². The van der Waals surface area contributed by atoms with E-state index in [1.807, 2.05) is 18.2 Å². The number of benzene rings is 1. The minimum absolute atomic E-state index is 0.829. The summed E-state index contributed by atoms with van der Waals surface area (Å²) in [5.41, 5.74) is 7.95. The van der Waals surface area contributed by atoms with Crippen molar-refractivity contribution in [1.82, 2.24) is 4.90 Å². The van der Waals surface area contributed by atoms with Gasteiger partial charge in [0, 0.05) is 18.3 Å². The maximum atomic E-state index is 5.92. The van der Waals surface area contributed by atoms with Crippen molar-refractivity contribution < 1.29 is 4.74 Å². The Hall–Kier alpha value is -1.22. The van der Waals surface area contributed by atoms with E-state index in [1.165, 1.54) is 25.1 Å². The molecule has 76 valence electrons. The van der Waals surface area contributed by atoms with Gasteiger partial charge in [0.05, 0.1) is 7.11 Å². The first-order valence-corrected chi connectivity index (χ1v) is 4.94. The fourth-order valence-corrected chi connectivity index (χ4v) is 1.62. The number of hydrogen-bond acceptors (Lipinski definition) is 3. The molecule has 0 spiro atoms. The lowest BCUT2D eigenvalue weighted by Crippen LogP contribution is -2.36. The monoisotopic (exact) mass is 192 g/mol. The molecule has 1 aromatic carbocycles. The third-order valence-electron chi connectivity index (χ3n) is 2.70. The molecule has 3 nitrogen and oxygen atoms in total. The molecule has 1 aliphatic rings. The Morgan fingerprint density at radius 2 is 2.21 bits per heavy atom. The van der Waals surface area contributed by atoms with Crippen molar-refractivity contribution in [2.24, 2.45) is 0 Å². The van der Waals surface area contributed by atoms with Crippen LogP contribution in [0.1, 0.15) is 12.0 Å². The molecule has 0 aliphatic carbocycles. The van der Waals surface area contributed by atoms with Gasteiger partial charge in [-0.15, -0.1) is 0 Å². The molecule has 1 heterocycles. The molecule has 0 bridgehead atoms. The van der Waals surface area contributed by atoms with Gasteiger partial charge >= 0.3 is 0 Å². The smallest absolute Gasteiger partial charge is 0.120 e. The van der Waals surface area contributed by atoms with Crippen LogP contribution in [0, 0.1) is 0 Å². The highest BCUT2D eigenvalue weighted by molar-refractivity contribution is 5.51. The number of rotatable bonds is 3. The normalized spacial score (nSPS) is 16.4. The number of anilines is 1. The van der Waals surface area contributed by atoms with Crippen LogP contribution in [0.15, 0.2) is 18.2 Å². The van der Waals surface area contributed by atoms with Gasteiger partial charge in [-0.25, -0.2) is 0 Å². The van der Waals surface area contributed by atoms with Gasteiger partial charge in [0.15, 0.2) is 0 Å². The Balaban J connectivity index is 2.09. The summed E-state index contributed by atoms with van der Waals surface area (Å²) < 4.78 is 5.10. The molecule has 2 N–H and O–H groups in total. The third-order valence-corrected chi connectivity index (χ3v) is 2.70. The van der Waals surface area contributed by atoms with Gasteiger partial charge in [-0.1, -0.05) is 6.07 Å². The molecule has 2 rings (SSSR count). The van der Waals surface area contributed by atoms with Crippen LogP contribution < -0.4 is 10.5 Å². The number of ether oxygens (including phenoxy) is 1. The van der Waals surface area contributed by atoms with E-state index in [-0.39, 0.29) is 0 Å². The summed E-state index contributed by atoms with van der Waals surface area (Å²) in [7, 11) is 1.66. The second-order valence-corrected chi connectivity index (χ2v) is 3.69. The van der Waals surface area contributed by atoms with E-state index < -0.39 is 0 Å². The second kappa shape index (κ2) is 3.88. The molecule has 0 unspecified atom stereocenters. The molecule has 1 saturated heterocycles. The molecule has 0 atom stereocenters. The summed E-state index contributed by atoms with van der Waals surface area (Å²) in [5.74, 6) is 0.829. The van der Waals surface area contributed by atoms with E-state index in [4.69, 9.17) is 10.5 Å². The summed E-state index contributed by atoms with van der Waals surface area (Å²) in [4.78, 5) is 2.39. The lowest BCUT2D eigenvalue weighted by atomic mass is 10.1. The lowest BCUT2D eigenvalue weighted by molar-refractivity contribution is 0.173. The Morgan fingerprint density at radius 3 is 2.71 bits per heavy atom. The predicted molar refractivity (Wildman–Crippen MR) is 57.3 cm³/mol. The zero-order chi connectivity index (χ0) is 9.97. The standard InChI is InChI=1S/C11H16N2O/c1-14-10-4-3-9(11(12)7-10)8-13-5-2-6-13/h3-4,7H,2,5-6,8,12H2,1H3. The quantitative estimate of drug-likeness (QED) is 0.737. The van der Waals surface area contributed by atoms with Gasteiger partial charge in [-0.2, -0.15) is 0 Å². The number of likely N-dealkylation sites (tertiary alicyclic amines) is 1. The molecule has 1 aromatic rings. The maximum absolute atomic E-state index is 5.92. The zero-order valence-corrected chi connectivity index (χ0v) is 8.49. The summed E-state index contributed by atoms with van der Waals surface area (Å²) in [5, 5.41) is 0. The molecular formula is C11H16N2O.